The maximum atomic E-state index is 14.3. The molecule has 14 heteroatoms. The number of amides is 1. The van der Waals surface area contributed by atoms with Crippen LogP contribution in [0.5, 0.6) is 11.5 Å². The van der Waals surface area contributed by atoms with Crippen LogP contribution in [0.4, 0.5) is 26.3 Å². The number of rotatable bonds is 6. The van der Waals surface area contributed by atoms with Crippen molar-refractivity contribution in [3.63, 3.8) is 0 Å². The van der Waals surface area contributed by atoms with Gasteiger partial charge in [0.05, 0.1) is 43.8 Å². The average Bonchev–Trinajstić information content (AvgIpc) is 3.31. The summed E-state index contributed by atoms with van der Waals surface area (Å²) in [4.78, 5) is 15.7. The van der Waals surface area contributed by atoms with E-state index in [0.29, 0.717) is 54.3 Å². The minimum atomic E-state index is -4.85. The highest BCUT2D eigenvalue weighted by Gasteiger charge is 2.49. The van der Waals surface area contributed by atoms with Crippen molar-refractivity contribution in [3.05, 3.63) is 48.2 Å². The second kappa shape index (κ2) is 11.4. The van der Waals surface area contributed by atoms with Crippen LogP contribution in [-0.2, 0) is 9.53 Å². The Hall–Kier alpha value is -3.52. The standard InChI is InChI=1S/C27H28F6N4O4/c1-39-20-6-7-22-21(15-20)25(34-37(22)18-2-4-19(5-3-18)41-27(31,32)33)17-8-9-36(23(14-17)26(28,29)30)24(38)16-35-10-12-40-13-11-35/h2-7,15,17,23H,8-14,16H2,1H3. The van der Waals surface area contributed by atoms with Crippen molar-refractivity contribution in [1.82, 2.24) is 19.6 Å². The molecular weight excluding hydrogens is 558 g/mol. The highest BCUT2D eigenvalue weighted by Crippen LogP contribution is 2.41. The largest absolute Gasteiger partial charge is 0.573 e. The minimum absolute atomic E-state index is 0.0974. The summed E-state index contributed by atoms with van der Waals surface area (Å²) in [5, 5.41) is 5.20. The van der Waals surface area contributed by atoms with E-state index in [-0.39, 0.29) is 25.9 Å². The molecule has 2 aliphatic rings. The van der Waals surface area contributed by atoms with Gasteiger partial charge in [0.25, 0.3) is 0 Å². The molecule has 3 heterocycles. The van der Waals surface area contributed by atoms with Gasteiger partial charge in [-0.3, -0.25) is 9.69 Å². The normalized spacial score (nSPS) is 20.8. The number of methoxy groups -OCH3 is 1. The fourth-order valence-corrected chi connectivity index (χ4v) is 5.40. The topological polar surface area (TPSA) is 69.1 Å². The van der Waals surface area contributed by atoms with Crippen LogP contribution in [-0.4, -0.2) is 90.6 Å². The number of halogens is 6. The highest BCUT2D eigenvalue weighted by molar-refractivity contribution is 5.85. The van der Waals surface area contributed by atoms with E-state index in [1.165, 1.54) is 23.9 Å². The number of fused-ring (bicyclic) bond motifs is 1. The third kappa shape index (κ3) is 6.53. The van der Waals surface area contributed by atoms with E-state index in [9.17, 15) is 31.1 Å². The fraction of sp³-hybridized carbons (Fsp3) is 0.481. The molecule has 2 aromatic carbocycles. The van der Waals surface area contributed by atoms with Crippen molar-refractivity contribution in [2.24, 2.45) is 0 Å². The quantitative estimate of drug-likeness (QED) is 0.383. The lowest BCUT2D eigenvalue weighted by Gasteiger charge is -2.41. The number of likely N-dealkylation sites (tertiary alicyclic amines) is 1. The van der Waals surface area contributed by atoms with E-state index in [1.54, 1.807) is 23.1 Å². The predicted octanol–water partition coefficient (Wildman–Crippen LogP) is 4.90. The van der Waals surface area contributed by atoms with Crippen molar-refractivity contribution in [2.45, 2.75) is 37.3 Å². The SMILES string of the molecule is COc1ccc2c(c1)c(C1CCN(C(=O)CN3CCOCC3)C(C(F)(F)F)C1)nn2-c1ccc(OC(F)(F)F)cc1. The number of nitrogens with zero attached hydrogens (tertiary/aromatic N) is 4. The van der Waals surface area contributed by atoms with E-state index < -0.39 is 36.2 Å². The fourth-order valence-electron chi connectivity index (χ4n) is 5.40. The van der Waals surface area contributed by atoms with Crippen molar-refractivity contribution >= 4 is 16.8 Å². The van der Waals surface area contributed by atoms with Gasteiger partial charge in [-0.1, -0.05) is 0 Å². The van der Waals surface area contributed by atoms with E-state index in [0.717, 1.165) is 17.0 Å². The number of ether oxygens (including phenoxy) is 3. The van der Waals surface area contributed by atoms with Crippen molar-refractivity contribution in [1.29, 1.82) is 0 Å². The predicted molar refractivity (Wildman–Crippen MR) is 135 cm³/mol. The molecule has 0 bridgehead atoms. The van der Waals surface area contributed by atoms with Crippen LogP contribution in [0, 0.1) is 0 Å². The van der Waals surface area contributed by atoms with E-state index in [2.05, 4.69) is 9.84 Å². The smallest absolute Gasteiger partial charge is 0.497 e. The number of piperidine rings is 1. The zero-order valence-corrected chi connectivity index (χ0v) is 22.0. The van der Waals surface area contributed by atoms with Gasteiger partial charge in [-0.15, -0.1) is 13.2 Å². The Kier molecular flexibility index (Phi) is 8.06. The third-order valence-corrected chi connectivity index (χ3v) is 7.38. The molecule has 5 rings (SSSR count). The summed E-state index contributed by atoms with van der Waals surface area (Å²) < 4.78 is 96.7. The van der Waals surface area contributed by atoms with Crippen LogP contribution >= 0.6 is 0 Å². The first kappa shape index (κ1) is 29.0. The van der Waals surface area contributed by atoms with Gasteiger partial charge < -0.3 is 19.1 Å². The molecule has 1 aromatic heterocycles. The summed E-state index contributed by atoms with van der Waals surface area (Å²) in [5.74, 6) is -1.16. The minimum Gasteiger partial charge on any atom is -0.497 e. The second-order valence-corrected chi connectivity index (χ2v) is 9.98. The Morgan fingerprint density at radius 1 is 1.00 bits per heavy atom. The number of carbonyl (C=O) groups excluding carboxylic acids is 1. The zero-order valence-electron chi connectivity index (χ0n) is 22.0. The Balaban J connectivity index is 1.45. The van der Waals surface area contributed by atoms with Crippen LogP contribution in [0.1, 0.15) is 24.5 Å². The number of alkyl halides is 6. The molecule has 2 saturated heterocycles. The maximum Gasteiger partial charge on any atom is 0.573 e. The molecule has 2 aliphatic heterocycles. The second-order valence-electron chi connectivity index (χ2n) is 9.98. The summed E-state index contributed by atoms with van der Waals surface area (Å²) in [7, 11) is 1.46. The summed E-state index contributed by atoms with van der Waals surface area (Å²) in [5.41, 5.74) is 1.33. The molecule has 3 aromatic rings. The van der Waals surface area contributed by atoms with Gasteiger partial charge in [-0.05, 0) is 55.3 Å². The van der Waals surface area contributed by atoms with Crippen LogP contribution < -0.4 is 9.47 Å². The third-order valence-electron chi connectivity index (χ3n) is 7.38. The van der Waals surface area contributed by atoms with Crippen LogP contribution in [0.2, 0.25) is 0 Å². The van der Waals surface area contributed by atoms with Gasteiger partial charge in [-0.25, -0.2) is 4.68 Å². The van der Waals surface area contributed by atoms with Gasteiger partial charge in [0.2, 0.25) is 5.91 Å². The molecule has 0 spiro atoms. The number of hydrogen-bond acceptors (Lipinski definition) is 6. The number of carbonyl (C=O) groups is 1. The zero-order chi connectivity index (χ0) is 29.4. The Bertz CT molecular complexity index is 1370. The highest BCUT2D eigenvalue weighted by atomic mass is 19.4. The van der Waals surface area contributed by atoms with E-state index in [1.807, 2.05) is 0 Å². The first-order valence-corrected chi connectivity index (χ1v) is 13.0. The van der Waals surface area contributed by atoms with Crippen LogP contribution in [0.25, 0.3) is 16.6 Å². The molecule has 0 N–H and O–H groups in total. The molecule has 8 nitrogen and oxygen atoms in total. The number of hydrogen-bond donors (Lipinski definition) is 0. The lowest BCUT2D eigenvalue weighted by molar-refractivity contribution is -0.274. The first-order chi connectivity index (χ1) is 19.4. The summed E-state index contributed by atoms with van der Waals surface area (Å²) in [6.45, 7) is 1.61. The van der Waals surface area contributed by atoms with E-state index in [4.69, 9.17) is 9.47 Å². The Morgan fingerprint density at radius 3 is 2.32 bits per heavy atom. The number of aromatic nitrogens is 2. The summed E-state index contributed by atoms with van der Waals surface area (Å²) in [6.07, 6.45) is -9.62. The van der Waals surface area contributed by atoms with Crippen molar-refractivity contribution in [2.75, 3.05) is 46.5 Å². The van der Waals surface area contributed by atoms with Gasteiger partial charge in [-0.2, -0.15) is 18.3 Å². The molecule has 0 aliphatic carbocycles. The van der Waals surface area contributed by atoms with Crippen molar-refractivity contribution in [3.8, 4) is 17.2 Å². The summed E-state index contributed by atoms with van der Waals surface area (Å²) in [6, 6.07) is 8.08. The monoisotopic (exact) mass is 586 g/mol. The van der Waals surface area contributed by atoms with Crippen LogP contribution in [0.15, 0.2) is 42.5 Å². The van der Waals surface area contributed by atoms with Gasteiger partial charge in [0.15, 0.2) is 0 Å². The number of benzene rings is 2. The molecule has 2 fully saturated rings. The Morgan fingerprint density at radius 2 is 1.68 bits per heavy atom. The Labute approximate surface area is 231 Å². The van der Waals surface area contributed by atoms with Gasteiger partial charge in [0, 0.05) is 30.9 Å². The van der Waals surface area contributed by atoms with Gasteiger partial charge >= 0.3 is 12.5 Å². The molecule has 0 saturated carbocycles. The average molecular weight is 587 g/mol. The lowest BCUT2D eigenvalue weighted by atomic mass is 9.86. The van der Waals surface area contributed by atoms with Crippen LogP contribution in [0.3, 0.4) is 0 Å². The number of morpholine rings is 1. The van der Waals surface area contributed by atoms with Gasteiger partial charge in [0.1, 0.15) is 17.5 Å². The molecule has 222 valence electrons. The molecule has 0 radical (unpaired) electrons. The molecule has 1 amide bonds. The maximum absolute atomic E-state index is 14.3. The summed E-state index contributed by atoms with van der Waals surface area (Å²) >= 11 is 0. The molecule has 41 heavy (non-hydrogen) atoms. The molecule has 2 atom stereocenters. The lowest BCUT2D eigenvalue weighted by Crippen LogP contribution is -2.55. The van der Waals surface area contributed by atoms with Crippen molar-refractivity contribution < 1.29 is 45.3 Å². The first-order valence-electron chi connectivity index (χ1n) is 13.0. The molecular formula is C27H28F6N4O4. The van der Waals surface area contributed by atoms with E-state index >= 15 is 0 Å². The molecule has 2 unspecified atom stereocenters.